The van der Waals surface area contributed by atoms with E-state index in [-0.39, 0.29) is 12.8 Å². The number of hydrogen-bond donors (Lipinski definition) is 0. The van der Waals surface area contributed by atoms with E-state index >= 15 is 0 Å². The summed E-state index contributed by atoms with van der Waals surface area (Å²) in [5.41, 5.74) is 0. The Morgan fingerprint density at radius 3 is 2.17 bits per heavy atom. The molecule has 1 unspecified atom stereocenters. The van der Waals surface area contributed by atoms with Crippen molar-refractivity contribution >= 4 is 6.04 Å². The Morgan fingerprint density at radius 1 is 1.42 bits per heavy atom. The van der Waals surface area contributed by atoms with Gasteiger partial charge in [0.2, 0.25) is 0 Å². The molecular weight excluding hydrogens is 169 g/mol. The van der Waals surface area contributed by atoms with Gasteiger partial charge in [-0.15, -0.1) is 0 Å². The first-order valence-electron chi connectivity index (χ1n) is 4.04. The number of carbonyl (C=O) groups excluding carboxylic acids is 1. The predicted molar refractivity (Wildman–Crippen MR) is 39.8 cm³/mol. The van der Waals surface area contributed by atoms with Gasteiger partial charge in [0.05, 0.1) is 0 Å². The van der Waals surface area contributed by atoms with Crippen LogP contribution in [0.3, 0.4) is 0 Å². The molecule has 0 radical (unpaired) electrons. The number of hydrogen-bond acceptors (Lipinski definition) is 1. The van der Waals surface area contributed by atoms with Crippen LogP contribution in [-0.2, 0) is 4.79 Å². The molecule has 0 fully saturated rings. The third-order valence-corrected chi connectivity index (χ3v) is 1.90. The summed E-state index contributed by atoms with van der Waals surface area (Å²) >= 11 is 0. The van der Waals surface area contributed by atoms with E-state index in [2.05, 4.69) is 0 Å². The van der Waals surface area contributed by atoms with E-state index in [0.29, 0.717) is 6.42 Å². The molecule has 0 N–H and O–H groups in total. The molecule has 0 rings (SSSR count). The second-order valence-corrected chi connectivity index (χ2v) is 2.79. The molecule has 0 aliphatic heterocycles. The number of halogens is 3. The minimum absolute atomic E-state index is 0.122. The SMILES string of the molecule is CCCC(CC)C(F)(F)C(=O)F. The molecule has 0 amide bonds. The second-order valence-electron chi connectivity index (χ2n) is 2.79. The molecule has 0 spiro atoms. The van der Waals surface area contributed by atoms with Crippen LogP contribution in [-0.4, -0.2) is 12.0 Å². The molecule has 0 aromatic carbocycles. The van der Waals surface area contributed by atoms with Gasteiger partial charge < -0.3 is 0 Å². The molecule has 0 aliphatic carbocycles. The van der Waals surface area contributed by atoms with Crippen LogP contribution in [0.4, 0.5) is 13.2 Å². The monoisotopic (exact) mass is 182 g/mol. The van der Waals surface area contributed by atoms with Crippen LogP contribution in [0.5, 0.6) is 0 Å². The molecule has 0 bridgehead atoms. The van der Waals surface area contributed by atoms with Crippen molar-refractivity contribution in [2.24, 2.45) is 5.92 Å². The number of alkyl halides is 2. The molecule has 4 heteroatoms. The zero-order valence-electron chi connectivity index (χ0n) is 7.24. The van der Waals surface area contributed by atoms with Crippen molar-refractivity contribution in [3.8, 4) is 0 Å². The highest BCUT2D eigenvalue weighted by molar-refractivity contribution is 5.76. The molecule has 0 heterocycles. The van der Waals surface area contributed by atoms with Gasteiger partial charge in [0.1, 0.15) is 0 Å². The average molecular weight is 182 g/mol. The summed E-state index contributed by atoms with van der Waals surface area (Å²) < 4.78 is 37.2. The molecule has 0 aromatic rings. The predicted octanol–water partition coefficient (Wildman–Crippen LogP) is 2.94. The zero-order valence-corrected chi connectivity index (χ0v) is 7.24. The van der Waals surface area contributed by atoms with Crippen molar-refractivity contribution < 1.29 is 18.0 Å². The van der Waals surface area contributed by atoms with Gasteiger partial charge in [0, 0.05) is 5.92 Å². The molecule has 1 atom stereocenters. The van der Waals surface area contributed by atoms with Gasteiger partial charge in [-0.3, -0.25) is 4.79 Å². The van der Waals surface area contributed by atoms with E-state index in [9.17, 15) is 18.0 Å². The topological polar surface area (TPSA) is 17.1 Å². The summed E-state index contributed by atoms with van der Waals surface area (Å²) in [4.78, 5) is 9.92. The molecule has 0 aromatic heterocycles. The van der Waals surface area contributed by atoms with Crippen LogP contribution in [0.25, 0.3) is 0 Å². The number of rotatable bonds is 5. The highest BCUT2D eigenvalue weighted by Crippen LogP contribution is 2.32. The van der Waals surface area contributed by atoms with E-state index in [4.69, 9.17) is 0 Å². The summed E-state index contributed by atoms with van der Waals surface area (Å²) in [6.07, 6.45) is 0.830. The largest absolute Gasteiger partial charge is 0.370 e. The van der Waals surface area contributed by atoms with Crippen LogP contribution in [0.2, 0.25) is 0 Å². The molecule has 0 saturated heterocycles. The minimum atomic E-state index is -3.79. The van der Waals surface area contributed by atoms with Crippen LogP contribution < -0.4 is 0 Å². The first kappa shape index (κ1) is 11.5. The van der Waals surface area contributed by atoms with Crippen LogP contribution >= 0.6 is 0 Å². The van der Waals surface area contributed by atoms with Gasteiger partial charge >= 0.3 is 12.0 Å². The molecule has 72 valence electrons. The summed E-state index contributed by atoms with van der Waals surface area (Å²) in [6.45, 7) is 3.25. The van der Waals surface area contributed by atoms with E-state index in [1.165, 1.54) is 6.92 Å². The normalized spacial score (nSPS) is 14.4. The lowest BCUT2D eigenvalue weighted by Gasteiger charge is -2.20. The Bertz CT molecular complexity index is 156. The lowest BCUT2D eigenvalue weighted by molar-refractivity contribution is -0.164. The summed E-state index contributed by atoms with van der Waals surface area (Å²) in [5, 5.41) is 0. The Labute approximate surface area is 70.0 Å². The Morgan fingerprint density at radius 2 is 1.92 bits per heavy atom. The first-order valence-corrected chi connectivity index (χ1v) is 4.04. The fourth-order valence-corrected chi connectivity index (χ4v) is 1.15. The van der Waals surface area contributed by atoms with Crippen molar-refractivity contribution in [3.05, 3.63) is 0 Å². The van der Waals surface area contributed by atoms with Gasteiger partial charge in [-0.1, -0.05) is 20.3 Å². The highest BCUT2D eigenvalue weighted by atomic mass is 19.3. The molecule has 0 saturated carbocycles. The standard InChI is InChI=1S/C8H13F3O/c1-3-5-6(4-2)8(10,11)7(9)12/h6H,3-5H2,1-2H3. The van der Waals surface area contributed by atoms with Crippen molar-refractivity contribution in [1.29, 1.82) is 0 Å². The van der Waals surface area contributed by atoms with Gasteiger partial charge in [-0.05, 0) is 12.8 Å². The van der Waals surface area contributed by atoms with Crippen molar-refractivity contribution in [3.63, 3.8) is 0 Å². The maximum atomic E-state index is 12.7. The molecular formula is C8H13F3O. The second kappa shape index (κ2) is 4.48. The maximum Gasteiger partial charge on any atom is 0.370 e. The van der Waals surface area contributed by atoms with Crippen molar-refractivity contribution in [2.75, 3.05) is 0 Å². The lowest BCUT2D eigenvalue weighted by Crippen LogP contribution is -2.34. The fourth-order valence-electron chi connectivity index (χ4n) is 1.15. The third-order valence-electron chi connectivity index (χ3n) is 1.90. The Kier molecular flexibility index (Phi) is 4.28. The van der Waals surface area contributed by atoms with E-state index in [1.807, 2.05) is 0 Å². The van der Waals surface area contributed by atoms with E-state index in [0.717, 1.165) is 0 Å². The van der Waals surface area contributed by atoms with Crippen LogP contribution in [0.1, 0.15) is 33.1 Å². The number of carbonyl (C=O) groups is 1. The van der Waals surface area contributed by atoms with E-state index in [1.54, 1.807) is 6.92 Å². The van der Waals surface area contributed by atoms with Crippen LogP contribution in [0, 0.1) is 5.92 Å². The molecule has 0 aliphatic rings. The summed E-state index contributed by atoms with van der Waals surface area (Å²) in [7, 11) is 0. The van der Waals surface area contributed by atoms with Gasteiger partial charge in [-0.25, -0.2) is 0 Å². The first-order chi connectivity index (χ1) is 5.46. The quantitative estimate of drug-likeness (QED) is 0.597. The van der Waals surface area contributed by atoms with E-state index < -0.39 is 17.9 Å². The zero-order chi connectivity index (χ0) is 9.78. The molecule has 12 heavy (non-hydrogen) atoms. The minimum Gasteiger partial charge on any atom is -0.254 e. The van der Waals surface area contributed by atoms with Crippen molar-refractivity contribution in [1.82, 2.24) is 0 Å². The third kappa shape index (κ3) is 2.50. The summed E-state index contributed by atoms with van der Waals surface area (Å²) in [5.74, 6) is -4.94. The fraction of sp³-hybridized carbons (Fsp3) is 0.875. The van der Waals surface area contributed by atoms with Crippen molar-refractivity contribution in [2.45, 2.75) is 39.0 Å². The smallest absolute Gasteiger partial charge is 0.254 e. The van der Waals surface area contributed by atoms with Gasteiger partial charge in [-0.2, -0.15) is 13.2 Å². The molecule has 1 nitrogen and oxygen atoms in total. The summed E-state index contributed by atoms with van der Waals surface area (Å²) in [6, 6.07) is -2.51. The van der Waals surface area contributed by atoms with Gasteiger partial charge in [0.25, 0.3) is 0 Å². The van der Waals surface area contributed by atoms with Gasteiger partial charge in [0.15, 0.2) is 0 Å². The Hall–Kier alpha value is -0.540. The highest BCUT2D eigenvalue weighted by Gasteiger charge is 2.45. The Balaban J connectivity index is 4.36. The maximum absolute atomic E-state index is 12.7. The average Bonchev–Trinajstić information content (AvgIpc) is 1.99. The van der Waals surface area contributed by atoms with Crippen LogP contribution in [0.15, 0.2) is 0 Å². The lowest BCUT2D eigenvalue weighted by atomic mass is 9.94.